The van der Waals surface area contributed by atoms with E-state index in [9.17, 15) is 4.39 Å². The third kappa shape index (κ3) is 4.98. The van der Waals surface area contributed by atoms with E-state index in [0.717, 1.165) is 29.8 Å². The molecule has 1 aliphatic rings. The van der Waals surface area contributed by atoms with Gasteiger partial charge in [0.05, 0.1) is 23.6 Å². The van der Waals surface area contributed by atoms with E-state index >= 15 is 0 Å². The number of nitrogens with two attached hydrogens (primary N) is 1. The molecule has 1 fully saturated rings. The molecule has 7 heteroatoms. The molecule has 2 aromatic rings. The van der Waals surface area contributed by atoms with E-state index in [1.54, 1.807) is 12.3 Å². The van der Waals surface area contributed by atoms with Gasteiger partial charge in [0.2, 0.25) is 11.8 Å². The van der Waals surface area contributed by atoms with Crippen molar-refractivity contribution >= 4 is 11.7 Å². The van der Waals surface area contributed by atoms with Gasteiger partial charge in [0, 0.05) is 18.3 Å². The number of hydrogen-bond donors (Lipinski definition) is 2. The molecule has 0 amide bonds. The molecule has 1 heterocycles. The summed E-state index contributed by atoms with van der Waals surface area (Å²) in [5.41, 5.74) is 8.48. The summed E-state index contributed by atoms with van der Waals surface area (Å²) < 4.78 is 20.3. The fraction of sp³-hybridized carbons (Fsp3) is 0.409. The van der Waals surface area contributed by atoms with Crippen molar-refractivity contribution in [2.75, 3.05) is 12.3 Å². The minimum atomic E-state index is -0.257. The van der Waals surface area contributed by atoms with Crippen molar-refractivity contribution in [2.24, 2.45) is 4.99 Å². The van der Waals surface area contributed by atoms with Crippen molar-refractivity contribution < 1.29 is 9.13 Å². The van der Waals surface area contributed by atoms with Gasteiger partial charge in [-0.05, 0) is 56.9 Å². The van der Waals surface area contributed by atoms with Crippen LogP contribution in [0, 0.1) is 5.82 Å². The van der Waals surface area contributed by atoms with Crippen molar-refractivity contribution in [3.05, 3.63) is 65.1 Å². The number of anilines is 1. The zero-order chi connectivity index (χ0) is 20.9. The first-order valence-electron chi connectivity index (χ1n) is 10.0. The Morgan fingerprint density at radius 3 is 2.72 bits per heavy atom. The van der Waals surface area contributed by atoms with Gasteiger partial charge < -0.3 is 15.8 Å². The Labute approximate surface area is 171 Å². The van der Waals surface area contributed by atoms with Crippen LogP contribution in [0.2, 0.25) is 0 Å². The minimum Gasteiger partial charge on any atom is -0.478 e. The zero-order valence-corrected chi connectivity index (χ0v) is 17.2. The summed E-state index contributed by atoms with van der Waals surface area (Å²) in [6, 6.07) is 7.12. The zero-order valence-electron chi connectivity index (χ0n) is 17.2. The molecule has 1 aromatic carbocycles. The second kappa shape index (κ2) is 9.13. The molecule has 1 aliphatic carbocycles. The number of nitrogen functional groups attached to an aromatic ring is 1. The summed E-state index contributed by atoms with van der Waals surface area (Å²) in [5, 5.41) is 3.45. The van der Waals surface area contributed by atoms with Crippen LogP contribution in [-0.4, -0.2) is 22.3 Å². The number of nitrogens with zero attached hydrogens (tertiary/aromatic N) is 3. The number of halogens is 1. The molecule has 1 saturated carbocycles. The summed E-state index contributed by atoms with van der Waals surface area (Å²) in [6.45, 7) is 6.73. The number of hydrogen-bond acceptors (Lipinski definition) is 6. The minimum absolute atomic E-state index is 0.240. The van der Waals surface area contributed by atoms with E-state index in [1.807, 2.05) is 45.0 Å². The maximum absolute atomic E-state index is 14.8. The second-order valence-electron chi connectivity index (χ2n) is 7.01. The quantitative estimate of drug-likeness (QED) is 0.492. The molecule has 0 radical (unpaired) electrons. The maximum Gasteiger partial charge on any atom is 0.220 e. The Hall–Kier alpha value is -2.80. The van der Waals surface area contributed by atoms with Gasteiger partial charge in [0.15, 0.2) is 0 Å². The van der Waals surface area contributed by atoms with Crippen molar-refractivity contribution in [2.45, 2.75) is 52.1 Å². The van der Waals surface area contributed by atoms with Crippen molar-refractivity contribution in [3.8, 4) is 0 Å². The number of allylic oxidation sites excluding steroid dienone is 1. The molecule has 29 heavy (non-hydrogen) atoms. The maximum atomic E-state index is 14.8. The average Bonchev–Trinajstić information content (AvgIpc) is 3.51. The number of nitrogens with one attached hydrogen (secondary N) is 1. The Morgan fingerprint density at radius 1 is 1.34 bits per heavy atom. The predicted molar refractivity (Wildman–Crippen MR) is 113 cm³/mol. The van der Waals surface area contributed by atoms with Crippen LogP contribution in [0.3, 0.4) is 0 Å². The van der Waals surface area contributed by atoms with Gasteiger partial charge in [-0.15, -0.1) is 0 Å². The van der Waals surface area contributed by atoms with Crippen molar-refractivity contribution in [1.82, 2.24) is 15.3 Å². The van der Waals surface area contributed by atoms with Crippen LogP contribution in [-0.2, 0) is 16.8 Å². The van der Waals surface area contributed by atoms with E-state index in [1.165, 1.54) is 0 Å². The highest BCUT2D eigenvalue weighted by Crippen LogP contribution is 2.44. The Bertz CT molecular complexity index is 921. The number of benzene rings is 1. The Kier molecular flexibility index (Phi) is 6.59. The lowest BCUT2D eigenvalue weighted by molar-refractivity contribution is 0.226. The highest BCUT2D eigenvalue weighted by molar-refractivity contribution is 6.01. The van der Waals surface area contributed by atoms with E-state index in [-0.39, 0.29) is 17.3 Å². The number of aliphatic imine (C=N–C) groups is 1. The summed E-state index contributed by atoms with van der Waals surface area (Å²) >= 11 is 0. The predicted octanol–water partition coefficient (Wildman–Crippen LogP) is 4.07. The molecule has 6 nitrogen and oxygen atoms in total. The molecule has 0 bridgehead atoms. The lowest BCUT2D eigenvalue weighted by Crippen LogP contribution is -2.30. The highest BCUT2D eigenvalue weighted by atomic mass is 19.1. The van der Waals surface area contributed by atoms with E-state index < -0.39 is 0 Å². The average molecular weight is 397 g/mol. The Balaban J connectivity index is 1.74. The molecule has 0 atom stereocenters. The largest absolute Gasteiger partial charge is 0.478 e. The number of ether oxygens (including phenoxy) is 1. The monoisotopic (exact) mass is 397 g/mol. The van der Waals surface area contributed by atoms with Crippen LogP contribution in [0.25, 0.3) is 0 Å². The van der Waals surface area contributed by atoms with Crippen LogP contribution in [0.1, 0.15) is 56.9 Å². The SMILES string of the molecule is C/C=C(\N=C(/CC)c1ccc(CNC2(c3ccnc(N)n3)CC2)c(F)c1)OCC. The smallest absolute Gasteiger partial charge is 0.220 e. The molecule has 1 aromatic heterocycles. The van der Waals surface area contributed by atoms with Gasteiger partial charge in [0.25, 0.3) is 0 Å². The standard InChI is InChI=1S/C22H28FN5O/c1-4-18(27-20(5-2)29-6-3)15-7-8-16(17(23)13-15)14-26-22(10-11-22)19-9-12-25-21(24)28-19/h5,7-9,12-13,26H,4,6,10-11,14H2,1-3H3,(H2,24,25,28)/b20-5+,27-18+. The van der Waals surface area contributed by atoms with Crippen LogP contribution >= 0.6 is 0 Å². The van der Waals surface area contributed by atoms with E-state index in [4.69, 9.17) is 10.5 Å². The first-order valence-corrected chi connectivity index (χ1v) is 10.0. The van der Waals surface area contributed by atoms with Crippen molar-refractivity contribution in [1.29, 1.82) is 0 Å². The Morgan fingerprint density at radius 2 is 2.14 bits per heavy atom. The summed E-state index contributed by atoms with van der Waals surface area (Å²) in [7, 11) is 0. The van der Waals surface area contributed by atoms with Gasteiger partial charge in [-0.2, -0.15) is 0 Å². The third-order valence-electron chi connectivity index (χ3n) is 5.04. The second-order valence-corrected chi connectivity index (χ2v) is 7.01. The molecule has 154 valence electrons. The van der Waals surface area contributed by atoms with Gasteiger partial charge in [-0.25, -0.2) is 19.4 Å². The van der Waals surface area contributed by atoms with Crippen LogP contribution < -0.4 is 11.1 Å². The van der Waals surface area contributed by atoms with Gasteiger partial charge in [-0.1, -0.05) is 19.1 Å². The molecule has 0 saturated heterocycles. The first-order chi connectivity index (χ1) is 14.0. The molecular weight excluding hydrogens is 369 g/mol. The molecule has 0 spiro atoms. The fourth-order valence-electron chi connectivity index (χ4n) is 3.23. The van der Waals surface area contributed by atoms with E-state index in [2.05, 4.69) is 20.3 Å². The molecule has 3 rings (SSSR count). The molecule has 0 aliphatic heterocycles. The molecule has 3 N–H and O–H groups in total. The molecular formula is C22H28FN5O. The first kappa shape index (κ1) is 20.9. The van der Waals surface area contributed by atoms with Gasteiger partial charge >= 0.3 is 0 Å². The van der Waals surface area contributed by atoms with Crippen molar-refractivity contribution in [3.63, 3.8) is 0 Å². The summed E-state index contributed by atoms with van der Waals surface area (Å²) in [6.07, 6.45) is 6.03. The third-order valence-corrected chi connectivity index (χ3v) is 5.04. The van der Waals surface area contributed by atoms with Crippen LogP contribution in [0.5, 0.6) is 0 Å². The lowest BCUT2D eigenvalue weighted by atomic mass is 10.0. The fourth-order valence-corrected chi connectivity index (χ4v) is 3.23. The highest BCUT2D eigenvalue weighted by Gasteiger charge is 2.45. The normalized spacial score (nSPS) is 16.0. The van der Waals surface area contributed by atoms with Gasteiger partial charge in [0.1, 0.15) is 5.82 Å². The number of rotatable bonds is 9. The topological polar surface area (TPSA) is 85.4 Å². The van der Waals surface area contributed by atoms with Crippen LogP contribution in [0.4, 0.5) is 10.3 Å². The summed E-state index contributed by atoms with van der Waals surface area (Å²) in [4.78, 5) is 12.8. The van der Waals surface area contributed by atoms with Crippen LogP contribution in [0.15, 0.2) is 47.4 Å². The van der Waals surface area contributed by atoms with E-state index in [0.29, 0.717) is 31.0 Å². The van der Waals surface area contributed by atoms with Gasteiger partial charge in [-0.3, -0.25) is 0 Å². The summed E-state index contributed by atoms with van der Waals surface area (Å²) in [5.74, 6) is 0.549. The number of aromatic nitrogens is 2. The lowest BCUT2D eigenvalue weighted by Gasteiger charge is -2.17. The molecule has 0 unspecified atom stereocenters.